The first-order valence-electron chi connectivity index (χ1n) is 5.61. The van der Waals surface area contributed by atoms with E-state index in [4.69, 9.17) is 14.6 Å². The van der Waals surface area contributed by atoms with E-state index in [9.17, 15) is 9.59 Å². The number of hydrogen-bond donors (Lipinski definition) is 2. The van der Waals surface area contributed by atoms with Gasteiger partial charge in [0, 0.05) is 11.1 Å². The standard InChI is InChI=1S/C13H12N2O5/c1-19-11-3-7(6-16)8(4-12(11)20-2)9-5-10(13(17)18)15-14-9/h3-6H,1-2H3,(H,14,15)(H,17,18). The lowest BCUT2D eigenvalue weighted by Crippen LogP contribution is -1.95. The second kappa shape index (κ2) is 5.43. The van der Waals surface area contributed by atoms with Gasteiger partial charge in [0.05, 0.1) is 19.9 Å². The fourth-order valence-electron chi connectivity index (χ4n) is 1.78. The van der Waals surface area contributed by atoms with Crippen LogP contribution >= 0.6 is 0 Å². The number of methoxy groups -OCH3 is 2. The van der Waals surface area contributed by atoms with Crippen molar-refractivity contribution in [1.29, 1.82) is 0 Å². The highest BCUT2D eigenvalue weighted by atomic mass is 16.5. The van der Waals surface area contributed by atoms with Crippen molar-refractivity contribution < 1.29 is 24.2 Å². The van der Waals surface area contributed by atoms with E-state index in [1.165, 1.54) is 26.4 Å². The third-order valence-electron chi connectivity index (χ3n) is 2.77. The fourth-order valence-corrected chi connectivity index (χ4v) is 1.78. The Morgan fingerprint density at radius 2 is 1.90 bits per heavy atom. The first kappa shape index (κ1) is 13.6. The molecule has 0 bridgehead atoms. The molecule has 0 unspecified atom stereocenters. The van der Waals surface area contributed by atoms with Crippen molar-refractivity contribution in [3.05, 3.63) is 29.5 Å². The summed E-state index contributed by atoms with van der Waals surface area (Å²) in [6.07, 6.45) is 0.645. The van der Waals surface area contributed by atoms with Gasteiger partial charge in [-0.25, -0.2) is 4.79 Å². The van der Waals surface area contributed by atoms with Gasteiger partial charge in [0.15, 0.2) is 17.8 Å². The van der Waals surface area contributed by atoms with Gasteiger partial charge in [-0.05, 0) is 18.2 Å². The number of carbonyl (C=O) groups excluding carboxylic acids is 1. The van der Waals surface area contributed by atoms with Crippen LogP contribution < -0.4 is 9.47 Å². The van der Waals surface area contributed by atoms with Gasteiger partial charge >= 0.3 is 5.97 Å². The predicted molar refractivity (Wildman–Crippen MR) is 69.5 cm³/mol. The number of carbonyl (C=O) groups is 2. The van der Waals surface area contributed by atoms with Crippen LogP contribution in [0.25, 0.3) is 11.3 Å². The van der Waals surface area contributed by atoms with Crippen molar-refractivity contribution in [2.45, 2.75) is 0 Å². The van der Waals surface area contributed by atoms with Crippen LogP contribution in [0.1, 0.15) is 20.8 Å². The molecule has 0 aliphatic heterocycles. The molecule has 20 heavy (non-hydrogen) atoms. The second-order valence-corrected chi connectivity index (χ2v) is 3.88. The molecule has 0 saturated heterocycles. The number of aromatic nitrogens is 2. The average molecular weight is 276 g/mol. The minimum Gasteiger partial charge on any atom is -0.493 e. The van der Waals surface area contributed by atoms with Crippen molar-refractivity contribution in [3.63, 3.8) is 0 Å². The number of carboxylic acid groups (broad SMARTS) is 1. The molecule has 2 rings (SSSR count). The van der Waals surface area contributed by atoms with Crippen LogP contribution in [-0.2, 0) is 0 Å². The molecule has 104 valence electrons. The van der Waals surface area contributed by atoms with Crippen LogP contribution in [0.15, 0.2) is 18.2 Å². The quantitative estimate of drug-likeness (QED) is 0.804. The fraction of sp³-hybridized carbons (Fsp3) is 0.154. The number of H-pyrrole nitrogens is 1. The van der Waals surface area contributed by atoms with Gasteiger partial charge in [0.25, 0.3) is 0 Å². The molecule has 2 aromatic rings. The Morgan fingerprint density at radius 1 is 1.25 bits per heavy atom. The van der Waals surface area contributed by atoms with Crippen molar-refractivity contribution in [2.75, 3.05) is 14.2 Å². The summed E-state index contributed by atoms with van der Waals surface area (Å²) in [5, 5.41) is 15.1. The molecule has 2 N–H and O–H groups in total. The van der Waals surface area contributed by atoms with Crippen molar-refractivity contribution in [1.82, 2.24) is 10.2 Å². The molecule has 1 aromatic heterocycles. The summed E-state index contributed by atoms with van der Waals surface area (Å²) in [5.74, 6) is -0.294. The number of nitrogens with zero attached hydrogens (tertiary/aromatic N) is 1. The highest BCUT2D eigenvalue weighted by Gasteiger charge is 2.16. The molecule has 1 heterocycles. The summed E-state index contributed by atoms with van der Waals surface area (Å²) in [4.78, 5) is 22.0. The average Bonchev–Trinajstić information content (AvgIpc) is 2.95. The topological polar surface area (TPSA) is 102 Å². The van der Waals surface area contributed by atoms with Gasteiger partial charge in [0.2, 0.25) is 0 Å². The lowest BCUT2D eigenvalue weighted by molar-refractivity contribution is 0.0690. The molecule has 0 amide bonds. The third-order valence-corrected chi connectivity index (χ3v) is 2.77. The van der Waals surface area contributed by atoms with E-state index in [-0.39, 0.29) is 5.69 Å². The molecule has 7 nitrogen and oxygen atoms in total. The molecule has 0 spiro atoms. The van der Waals surface area contributed by atoms with E-state index in [1.807, 2.05) is 0 Å². The minimum atomic E-state index is -1.13. The number of aldehydes is 1. The number of benzene rings is 1. The number of rotatable bonds is 5. The van der Waals surface area contributed by atoms with Crippen molar-refractivity contribution in [3.8, 4) is 22.8 Å². The van der Waals surface area contributed by atoms with Crippen LogP contribution in [0.5, 0.6) is 11.5 Å². The number of carboxylic acids is 1. The SMILES string of the molecule is COc1cc(C=O)c(-c2cc(C(=O)O)[nH]n2)cc1OC. The summed E-state index contributed by atoms with van der Waals surface area (Å²) < 4.78 is 10.3. The van der Waals surface area contributed by atoms with Crippen LogP contribution in [0.2, 0.25) is 0 Å². The molecule has 7 heteroatoms. The summed E-state index contributed by atoms with van der Waals surface area (Å²) in [6.45, 7) is 0. The van der Waals surface area contributed by atoms with Gasteiger partial charge in [0.1, 0.15) is 5.69 Å². The van der Waals surface area contributed by atoms with Crippen LogP contribution in [0.3, 0.4) is 0 Å². The van der Waals surface area contributed by atoms with Gasteiger partial charge < -0.3 is 14.6 Å². The maximum absolute atomic E-state index is 11.2. The largest absolute Gasteiger partial charge is 0.493 e. The number of aromatic carboxylic acids is 1. The zero-order valence-electron chi connectivity index (χ0n) is 10.8. The molecule has 0 aliphatic rings. The van der Waals surface area contributed by atoms with Gasteiger partial charge in [-0.2, -0.15) is 5.10 Å². The molecular formula is C13H12N2O5. The van der Waals surface area contributed by atoms with E-state index in [0.717, 1.165) is 0 Å². The highest BCUT2D eigenvalue weighted by molar-refractivity contribution is 5.91. The number of aromatic amines is 1. The zero-order chi connectivity index (χ0) is 14.7. The van der Waals surface area contributed by atoms with Gasteiger partial charge in [-0.1, -0.05) is 0 Å². The van der Waals surface area contributed by atoms with Crippen molar-refractivity contribution >= 4 is 12.3 Å². The van der Waals surface area contributed by atoms with E-state index in [0.29, 0.717) is 34.6 Å². The summed E-state index contributed by atoms with van der Waals surface area (Å²) in [6, 6.07) is 4.43. The lowest BCUT2D eigenvalue weighted by atomic mass is 10.0. The first-order chi connectivity index (χ1) is 9.60. The molecule has 1 aromatic carbocycles. The van der Waals surface area contributed by atoms with Crippen LogP contribution in [0, 0.1) is 0 Å². The monoisotopic (exact) mass is 276 g/mol. The first-order valence-corrected chi connectivity index (χ1v) is 5.61. The highest BCUT2D eigenvalue weighted by Crippen LogP contribution is 2.34. The molecule has 0 fully saturated rings. The summed E-state index contributed by atoms with van der Waals surface area (Å²) >= 11 is 0. The Labute approximate surface area is 114 Å². The maximum atomic E-state index is 11.2. The van der Waals surface area contributed by atoms with Gasteiger partial charge in [-0.15, -0.1) is 0 Å². The number of hydrogen-bond acceptors (Lipinski definition) is 5. The Kier molecular flexibility index (Phi) is 3.69. The summed E-state index contributed by atoms with van der Waals surface area (Å²) in [5.41, 5.74) is 1.06. The lowest BCUT2D eigenvalue weighted by Gasteiger charge is -2.10. The smallest absolute Gasteiger partial charge is 0.353 e. The van der Waals surface area contributed by atoms with E-state index in [2.05, 4.69) is 10.2 Å². The van der Waals surface area contributed by atoms with E-state index < -0.39 is 5.97 Å². The number of ether oxygens (including phenoxy) is 2. The van der Waals surface area contributed by atoms with E-state index >= 15 is 0 Å². The Hall–Kier alpha value is -2.83. The minimum absolute atomic E-state index is 0.0633. The van der Waals surface area contributed by atoms with Gasteiger partial charge in [-0.3, -0.25) is 9.89 Å². The molecule has 0 aliphatic carbocycles. The summed E-state index contributed by atoms with van der Waals surface area (Å²) in [7, 11) is 2.93. The molecule has 0 radical (unpaired) electrons. The van der Waals surface area contributed by atoms with Crippen LogP contribution in [0.4, 0.5) is 0 Å². The predicted octanol–water partition coefficient (Wildman–Crippen LogP) is 1.60. The molecule has 0 saturated carbocycles. The van der Waals surface area contributed by atoms with Crippen LogP contribution in [-0.4, -0.2) is 41.8 Å². The molecular weight excluding hydrogens is 264 g/mol. The third kappa shape index (κ3) is 2.33. The second-order valence-electron chi connectivity index (χ2n) is 3.88. The Balaban J connectivity index is 2.59. The van der Waals surface area contributed by atoms with Crippen molar-refractivity contribution in [2.24, 2.45) is 0 Å². The maximum Gasteiger partial charge on any atom is 0.353 e. The molecule has 0 atom stereocenters. The number of nitrogens with one attached hydrogen (secondary N) is 1. The Morgan fingerprint density at radius 3 is 2.40 bits per heavy atom. The zero-order valence-corrected chi connectivity index (χ0v) is 10.8. The van der Waals surface area contributed by atoms with E-state index in [1.54, 1.807) is 6.07 Å². The normalized spacial score (nSPS) is 10.1. The Bertz CT molecular complexity index is 663.